The molecule has 98 valence electrons. The van der Waals surface area contributed by atoms with Crippen LogP contribution in [-0.2, 0) is 22.5 Å². The van der Waals surface area contributed by atoms with Crippen molar-refractivity contribution in [1.29, 1.82) is 0 Å². The number of aryl methyl sites for hydroxylation is 1. The van der Waals surface area contributed by atoms with E-state index >= 15 is 0 Å². The van der Waals surface area contributed by atoms with Gasteiger partial charge in [-0.05, 0) is 19.8 Å². The van der Waals surface area contributed by atoms with E-state index in [1.165, 1.54) is 0 Å². The average molecular weight is 282 g/mol. The van der Waals surface area contributed by atoms with Crippen LogP contribution in [0.4, 0.5) is 0 Å². The second kappa shape index (κ2) is 6.83. The van der Waals surface area contributed by atoms with Gasteiger partial charge in [-0.3, -0.25) is 0 Å². The molecule has 2 rings (SSSR count). The Labute approximate surface area is 113 Å². The molecule has 7 heteroatoms. The molecular formula is C10H17Cl2N3O2. The van der Waals surface area contributed by atoms with Crippen molar-refractivity contribution in [2.45, 2.75) is 32.4 Å². The zero-order valence-corrected chi connectivity index (χ0v) is 11.2. The van der Waals surface area contributed by atoms with Gasteiger partial charge in [0.1, 0.15) is 6.04 Å². The Morgan fingerprint density at radius 2 is 2.35 bits per heavy atom. The zero-order valence-electron chi connectivity index (χ0n) is 9.59. The van der Waals surface area contributed by atoms with Gasteiger partial charge < -0.3 is 15.0 Å². The smallest absolute Gasteiger partial charge is 0.329 e. The Kier molecular flexibility index (Phi) is 6.52. The van der Waals surface area contributed by atoms with E-state index in [9.17, 15) is 4.79 Å². The summed E-state index contributed by atoms with van der Waals surface area (Å²) >= 11 is 0. The Morgan fingerprint density at radius 1 is 1.65 bits per heavy atom. The zero-order chi connectivity index (χ0) is 10.8. The average Bonchev–Trinajstić information content (AvgIpc) is 2.77. The van der Waals surface area contributed by atoms with Gasteiger partial charge in [0.15, 0.2) is 0 Å². The highest BCUT2D eigenvalue weighted by Crippen LogP contribution is 2.22. The number of nitrogens with two attached hydrogens (primary N) is 1. The van der Waals surface area contributed by atoms with Crippen LogP contribution in [0.3, 0.4) is 0 Å². The van der Waals surface area contributed by atoms with Gasteiger partial charge in [0, 0.05) is 12.2 Å². The van der Waals surface area contributed by atoms with Gasteiger partial charge in [-0.1, -0.05) is 0 Å². The normalized spacial score (nSPS) is 14.2. The van der Waals surface area contributed by atoms with Crippen LogP contribution in [0.5, 0.6) is 0 Å². The third-order valence-corrected chi connectivity index (χ3v) is 2.63. The van der Waals surface area contributed by atoms with Gasteiger partial charge in [-0.2, -0.15) is 0 Å². The minimum absolute atomic E-state index is 0. The van der Waals surface area contributed by atoms with E-state index in [2.05, 4.69) is 9.55 Å². The molecule has 1 atom stereocenters. The summed E-state index contributed by atoms with van der Waals surface area (Å²) in [7, 11) is 0. The molecule has 17 heavy (non-hydrogen) atoms. The van der Waals surface area contributed by atoms with Crippen molar-refractivity contribution in [2.75, 3.05) is 6.61 Å². The van der Waals surface area contributed by atoms with E-state index in [4.69, 9.17) is 10.5 Å². The van der Waals surface area contributed by atoms with Crippen molar-refractivity contribution in [3.05, 3.63) is 17.7 Å². The molecule has 1 aliphatic rings. The molecule has 0 fully saturated rings. The van der Waals surface area contributed by atoms with Crippen molar-refractivity contribution >= 4 is 30.8 Å². The molecule has 0 aromatic carbocycles. The third kappa shape index (κ3) is 3.12. The molecule has 1 aromatic heterocycles. The van der Waals surface area contributed by atoms with Crippen LogP contribution in [0.15, 0.2) is 6.33 Å². The Bertz CT molecular complexity index is 382. The molecule has 0 bridgehead atoms. The molecule has 0 aliphatic carbocycles. The lowest BCUT2D eigenvalue weighted by molar-refractivity contribution is -0.144. The summed E-state index contributed by atoms with van der Waals surface area (Å²) in [4.78, 5) is 15.6. The van der Waals surface area contributed by atoms with Crippen LogP contribution >= 0.6 is 24.8 Å². The van der Waals surface area contributed by atoms with Crippen molar-refractivity contribution in [2.24, 2.45) is 5.73 Å². The number of ether oxygens (including phenoxy) is 1. The SMILES string of the molecule is CCOC(=O)C(N)c1ncn2c1CCC2.Cl.Cl. The number of fused-ring (bicyclic) bond motifs is 1. The van der Waals surface area contributed by atoms with Crippen LogP contribution in [0, 0.1) is 0 Å². The molecule has 0 saturated heterocycles. The van der Waals surface area contributed by atoms with Gasteiger partial charge in [0.2, 0.25) is 0 Å². The molecule has 0 radical (unpaired) electrons. The van der Waals surface area contributed by atoms with E-state index in [1.54, 1.807) is 13.3 Å². The van der Waals surface area contributed by atoms with Crippen molar-refractivity contribution in [3.63, 3.8) is 0 Å². The Morgan fingerprint density at radius 3 is 3.00 bits per heavy atom. The fourth-order valence-corrected chi connectivity index (χ4v) is 1.91. The highest BCUT2D eigenvalue weighted by Gasteiger charge is 2.26. The number of halogens is 2. The number of carbonyl (C=O) groups is 1. The standard InChI is InChI=1S/C10H15N3O2.2ClH/c1-2-15-10(14)8(11)9-7-4-3-5-13(7)6-12-9;;/h6,8H,2-5,11H2,1H3;2*1H. The number of carbonyl (C=O) groups excluding carboxylic acids is 1. The van der Waals surface area contributed by atoms with Crippen molar-refractivity contribution < 1.29 is 9.53 Å². The topological polar surface area (TPSA) is 70.1 Å². The summed E-state index contributed by atoms with van der Waals surface area (Å²) in [6, 6.07) is -0.737. The predicted molar refractivity (Wildman–Crippen MR) is 68.6 cm³/mol. The number of nitrogens with zero attached hydrogens (tertiary/aromatic N) is 2. The largest absolute Gasteiger partial charge is 0.465 e. The number of hydrogen-bond acceptors (Lipinski definition) is 4. The maximum absolute atomic E-state index is 11.4. The summed E-state index contributed by atoms with van der Waals surface area (Å²) in [5, 5.41) is 0. The fraction of sp³-hybridized carbons (Fsp3) is 0.600. The van der Waals surface area contributed by atoms with Gasteiger partial charge >= 0.3 is 5.97 Å². The highest BCUT2D eigenvalue weighted by molar-refractivity contribution is 5.85. The summed E-state index contributed by atoms with van der Waals surface area (Å²) < 4.78 is 6.92. The van der Waals surface area contributed by atoms with Crippen LogP contribution in [-0.4, -0.2) is 22.1 Å². The first-order chi connectivity index (χ1) is 7.24. The summed E-state index contributed by atoms with van der Waals surface area (Å²) in [6.45, 7) is 3.09. The van der Waals surface area contributed by atoms with Crippen LogP contribution in [0.2, 0.25) is 0 Å². The second-order valence-electron chi connectivity index (χ2n) is 3.60. The van der Waals surface area contributed by atoms with Crippen LogP contribution in [0.1, 0.15) is 30.8 Å². The maximum Gasteiger partial charge on any atom is 0.329 e. The van der Waals surface area contributed by atoms with E-state index in [0.29, 0.717) is 12.3 Å². The minimum atomic E-state index is -0.737. The molecule has 2 heterocycles. The van der Waals surface area contributed by atoms with E-state index in [-0.39, 0.29) is 24.8 Å². The molecule has 0 amide bonds. The number of aromatic nitrogens is 2. The predicted octanol–water partition coefficient (Wildman–Crippen LogP) is 1.24. The lowest BCUT2D eigenvalue weighted by Crippen LogP contribution is -2.25. The highest BCUT2D eigenvalue weighted by atomic mass is 35.5. The molecule has 0 spiro atoms. The number of esters is 1. The lowest BCUT2D eigenvalue weighted by atomic mass is 10.1. The molecular weight excluding hydrogens is 265 g/mol. The molecule has 2 N–H and O–H groups in total. The van der Waals surface area contributed by atoms with Gasteiger partial charge in [-0.25, -0.2) is 9.78 Å². The molecule has 1 aromatic rings. The molecule has 0 saturated carbocycles. The first kappa shape index (κ1) is 16.2. The first-order valence-corrected chi connectivity index (χ1v) is 5.20. The fourth-order valence-electron chi connectivity index (χ4n) is 1.91. The lowest BCUT2D eigenvalue weighted by Gasteiger charge is -2.09. The monoisotopic (exact) mass is 281 g/mol. The van der Waals surface area contributed by atoms with E-state index in [0.717, 1.165) is 25.1 Å². The second-order valence-corrected chi connectivity index (χ2v) is 3.60. The van der Waals surface area contributed by atoms with Crippen molar-refractivity contribution in [1.82, 2.24) is 9.55 Å². The number of hydrogen-bond donors (Lipinski definition) is 1. The van der Waals surface area contributed by atoms with Gasteiger partial charge in [0.25, 0.3) is 0 Å². The summed E-state index contributed by atoms with van der Waals surface area (Å²) in [5.74, 6) is -0.397. The number of imidazole rings is 1. The quantitative estimate of drug-likeness (QED) is 0.847. The molecule has 5 nitrogen and oxygen atoms in total. The van der Waals surface area contributed by atoms with Crippen molar-refractivity contribution in [3.8, 4) is 0 Å². The van der Waals surface area contributed by atoms with Gasteiger partial charge in [0.05, 0.1) is 18.6 Å². The van der Waals surface area contributed by atoms with Crippen LogP contribution in [0.25, 0.3) is 0 Å². The summed E-state index contributed by atoms with van der Waals surface area (Å²) in [5.41, 5.74) is 7.54. The number of rotatable bonds is 3. The molecule has 1 aliphatic heterocycles. The van der Waals surface area contributed by atoms with E-state index < -0.39 is 12.0 Å². The Hall–Kier alpha value is -0.780. The summed E-state index contributed by atoms with van der Waals surface area (Å²) in [6.07, 6.45) is 3.79. The Balaban J connectivity index is 0.00000128. The van der Waals surface area contributed by atoms with Crippen LogP contribution < -0.4 is 5.73 Å². The minimum Gasteiger partial charge on any atom is -0.465 e. The molecule has 1 unspecified atom stereocenters. The first-order valence-electron chi connectivity index (χ1n) is 5.20. The van der Waals surface area contributed by atoms with Gasteiger partial charge in [-0.15, -0.1) is 24.8 Å². The third-order valence-electron chi connectivity index (χ3n) is 2.63. The van der Waals surface area contributed by atoms with E-state index in [1.807, 2.05) is 0 Å². The maximum atomic E-state index is 11.4.